The van der Waals surface area contributed by atoms with E-state index in [0.717, 1.165) is 4.47 Å². The van der Waals surface area contributed by atoms with Crippen molar-refractivity contribution in [3.63, 3.8) is 0 Å². The van der Waals surface area contributed by atoms with Crippen molar-refractivity contribution in [2.75, 3.05) is 6.54 Å². The topological polar surface area (TPSA) is 32.3 Å². The number of aliphatic hydroxyl groups is 1. The smallest absolute Gasteiger partial charge is 0.127 e. The van der Waals surface area contributed by atoms with Crippen LogP contribution < -0.4 is 5.32 Å². The van der Waals surface area contributed by atoms with Crippen molar-refractivity contribution < 1.29 is 9.50 Å². The molecule has 1 aromatic rings. The quantitative estimate of drug-likeness (QED) is 0.870. The Bertz CT molecular complexity index is 304. The van der Waals surface area contributed by atoms with Gasteiger partial charge in [0.1, 0.15) is 5.82 Å². The van der Waals surface area contributed by atoms with Crippen LogP contribution in [0.2, 0.25) is 0 Å². The van der Waals surface area contributed by atoms with E-state index in [0.29, 0.717) is 18.7 Å². The van der Waals surface area contributed by atoms with E-state index in [9.17, 15) is 4.39 Å². The van der Waals surface area contributed by atoms with Gasteiger partial charge in [-0.05, 0) is 25.1 Å². The molecule has 0 aromatic heterocycles. The summed E-state index contributed by atoms with van der Waals surface area (Å²) in [7, 11) is 0. The zero-order chi connectivity index (χ0) is 10.6. The normalized spacial score (nSPS) is 12.9. The Morgan fingerprint density at radius 2 is 2.29 bits per heavy atom. The molecule has 1 unspecified atom stereocenters. The molecule has 0 spiro atoms. The highest BCUT2D eigenvalue weighted by atomic mass is 79.9. The largest absolute Gasteiger partial charge is 0.392 e. The molecule has 2 N–H and O–H groups in total. The third-order valence-corrected chi connectivity index (χ3v) is 2.26. The fourth-order valence-corrected chi connectivity index (χ4v) is 1.50. The van der Waals surface area contributed by atoms with Crippen LogP contribution in [0.3, 0.4) is 0 Å². The van der Waals surface area contributed by atoms with E-state index in [-0.39, 0.29) is 5.82 Å². The highest BCUT2D eigenvalue weighted by Gasteiger charge is 2.02. The Hall–Kier alpha value is -0.450. The third-order valence-electron chi connectivity index (χ3n) is 1.76. The van der Waals surface area contributed by atoms with Crippen LogP contribution in [-0.2, 0) is 6.54 Å². The van der Waals surface area contributed by atoms with Gasteiger partial charge in [0.15, 0.2) is 0 Å². The molecule has 2 nitrogen and oxygen atoms in total. The first-order chi connectivity index (χ1) is 6.59. The molecule has 1 atom stereocenters. The Balaban J connectivity index is 2.53. The van der Waals surface area contributed by atoms with Gasteiger partial charge in [0.2, 0.25) is 0 Å². The lowest BCUT2D eigenvalue weighted by Gasteiger charge is -2.07. The maximum atomic E-state index is 13.2. The van der Waals surface area contributed by atoms with Gasteiger partial charge >= 0.3 is 0 Å². The number of rotatable bonds is 4. The van der Waals surface area contributed by atoms with E-state index in [4.69, 9.17) is 5.11 Å². The fourth-order valence-electron chi connectivity index (χ4n) is 1.09. The maximum absolute atomic E-state index is 13.2. The Morgan fingerprint density at radius 3 is 2.93 bits per heavy atom. The van der Waals surface area contributed by atoms with E-state index in [1.807, 2.05) is 0 Å². The van der Waals surface area contributed by atoms with Crippen molar-refractivity contribution in [2.24, 2.45) is 0 Å². The molecule has 0 aliphatic carbocycles. The molecule has 14 heavy (non-hydrogen) atoms. The first-order valence-electron chi connectivity index (χ1n) is 4.42. The molecule has 0 amide bonds. The van der Waals surface area contributed by atoms with E-state index in [1.54, 1.807) is 19.1 Å². The minimum atomic E-state index is -0.412. The average molecular weight is 262 g/mol. The van der Waals surface area contributed by atoms with E-state index in [1.165, 1.54) is 6.07 Å². The standard InChI is InChI=1S/C10H13BrFNO/c1-7(14)5-13-6-8-4-9(11)2-3-10(8)12/h2-4,7,13-14H,5-6H2,1H3. The summed E-state index contributed by atoms with van der Waals surface area (Å²) in [6, 6.07) is 4.81. The number of benzene rings is 1. The average Bonchev–Trinajstić information content (AvgIpc) is 2.10. The first kappa shape index (κ1) is 11.6. The van der Waals surface area contributed by atoms with Gasteiger partial charge in [-0.1, -0.05) is 15.9 Å². The lowest BCUT2D eigenvalue weighted by molar-refractivity contribution is 0.191. The number of aliphatic hydroxyl groups excluding tert-OH is 1. The summed E-state index contributed by atoms with van der Waals surface area (Å²) >= 11 is 3.27. The molecule has 0 heterocycles. The van der Waals surface area contributed by atoms with Crippen LogP contribution in [0.25, 0.3) is 0 Å². The lowest BCUT2D eigenvalue weighted by atomic mass is 10.2. The molecule has 0 aliphatic rings. The Morgan fingerprint density at radius 1 is 1.57 bits per heavy atom. The van der Waals surface area contributed by atoms with Crippen LogP contribution in [0.4, 0.5) is 4.39 Å². The number of nitrogens with one attached hydrogen (secondary N) is 1. The van der Waals surface area contributed by atoms with Crippen molar-refractivity contribution >= 4 is 15.9 Å². The van der Waals surface area contributed by atoms with E-state index >= 15 is 0 Å². The second-order valence-corrected chi connectivity index (χ2v) is 4.13. The highest BCUT2D eigenvalue weighted by molar-refractivity contribution is 9.10. The molecular formula is C10H13BrFNO. The monoisotopic (exact) mass is 261 g/mol. The summed E-state index contributed by atoms with van der Waals surface area (Å²) in [5.74, 6) is -0.230. The zero-order valence-electron chi connectivity index (χ0n) is 7.93. The van der Waals surface area contributed by atoms with Crippen LogP contribution in [0.1, 0.15) is 12.5 Å². The van der Waals surface area contributed by atoms with Crippen molar-refractivity contribution in [1.82, 2.24) is 5.32 Å². The van der Waals surface area contributed by atoms with Gasteiger partial charge in [0.25, 0.3) is 0 Å². The van der Waals surface area contributed by atoms with E-state index < -0.39 is 6.10 Å². The van der Waals surface area contributed by atoms with Crippen LogP contribution in [0.15, 0.2) is 22.7 Å². The summed E-state index contributed by atoms with van der Waals surface area (Å²) in [6.07, 6.45) is -0.412. The molecule has 4 heteroatoms. The van der Waals surface area contributed by atoms with Crippen molar-refractivity contribution in [3.05, 3.63) is 34.1 Å². The summed E-state index contributed by atoms with van der Waals surface area (Å²) in [5.41, 5.74) is 0.597. The van der Waals surface area contributed by atoms with Gasteiger partial charge in [0.05, 0.1) is 6.10 Å². The predicted octanol–water partition coefficient (Wildman–Crippen LogP) is 2.06. The Labute approximate surface area is 91.3 Å². The van der Waals surface area contributed by atoms with Crippen molar-refractivity contribution in [2.45, 2.75) is 19.6 Å². The SMILES string of the molecule is CC(O)CNCc1cc(Br)ccc1F. The minimum Gasteiger partial charge on any atom is -0.392 e. The number of hydrogen-bond acceptors (Lipinski definition) is 2. The first-order valence-corrected chi connectivity index (χ1v) is 5.21. The number of halogens is 2. The molecule has 0 fully saturated rings. The maximum Gasteiger partial charge on any atom is 0.127 e. The summed E-state index contributed by atoms with van der Waals surface area (Å²) in [4.78, 5) is 0. The van der Waals surface area contributed by atoms with Crippen molar-refractivity contribution in [1.29, 1.82) is 0 Å². The fraction of sp³-hybridized carbons (Fsp3) is 0.400. The van der Waals surface area contributed by atoms with Gasteiger partial charge in [-0.3, -0.25) is 0 Å². The summed E-state index contributed by atoms with van der Waals surface area (Å²) < 4.78 is 14.0. The molecule has 1 aromatic carbocycles. The molecule has 0 bridgehead atoms. The van der Waals surface area contributed by atoms with E-state index in [2.05, 4.69) is 21.2 Å². The van der Waals surface area contributed by atoms with Crippen LogP contribution in [0, 0.1) is 5.82 Å². The molecule has 0 saturated heterocycles. The molecule has 78 valence electrons. The minimum absolute atomic E-state index is 0.230. The summed E-state index contributed by atoms with van der Waals surface area (Å²) in [6.45, 7) is 2.58. The molecular weight excluding hydrogens is 249 g/mol. The highest BCUT2D eigenvalue weighted by Crippen LogP contribution is 2.15. The second-order valence-electron chi connectivity index (χ2n) is 3.22. The van der Waals surface area contributed by atoms with Gasteiger partial charge in [0, 0.05) is 23.1 Å². The lowest BCUT2D eigenvalue weighted by Crippen LogP contribution is -2.24. The number of hydrogen-bond donors (Lipinski definition) is 2. The molecule has 0 aliphatic heterocycles. The zero-order valence-corrected chi connectivity index (χ0v) is 9.51. The summed E-state index contributed by atoms with van der Waals surface area (Å²) in [5, 5.41) is 11.9. The second kappa shape index (κ2) is 5.44. The molecule has 0 saturated carbocycles. The van der Waals surface area contributed by atoms with Gasteiger partial charge in [-0.25, -0.2) is 4.39 Å². The predicted molar refractivity (Wildman–Crippen MR) is 57.5 cm³/mol. The molecule has 1 rings (SSSR count). The van der Waals surface area contributed by atoms with Crippen molar-refractivity contribution in [3.8, 4) is 0 Å². The Kier molecular flexibility index (Phi) is 4.51. The van der Waals surface area contributed by atoms with Gasteiger partial charge in [-0.2, -0.15) is 0 Å². The van der Waals surface area contributed by atoms with Crippen LogP contribution in [-0.4, -0.2) is 17.8 Å². The third kappa shape index (κ3) is 3.74. The van der Waals surface area contributed by atoms with Crippen LogP contribution >= 0.6 is 15.9 Å². The molecule has 0 radical (unpaired) electrons. The van der Waals surface area contributed by atoms with Gasteiger partial charge < -0.3 is 10.4 Å². The van der Waals surface area contributed by atoms with Gasteiger partial charge in [-0.15, -0.1) is 0 Å². The van der Waals surface area contributed by atoms with Crippen LogP contribution in [0.5, 0.6) is 0 Å².